The fourth-order valence-corrected chi connectivity index (χ4v) is 3.11. The maximum Gasteiger partial charge on any atom is 0.257 e. The molecule has 0 aliphatic carbocycles. The van der Waals surface area contributed by atoms with Gasteiger partial charge in [0.25, 0.3) is 5.91 Å². The molecule has 0 spiro atoms. The van der Waals surface area contributed by atoms with Crippen molar-refractivity contribution in [2.75, 3.05) is 5.32 Å². The summed E-state index contributed by atoms with van der Waals surface area (Å²) in [6.07, 6.45) is 1.57. The number of amides is 1. The van der Waals surface area contributed by atoms with Crippen molar-refractivity contribution in [1.29, 1.82) is 0 Å². The first-order valence-electron chi connectivity index (χ1n) is 8.10. The van der Waals surface area contributed by atoms with E-state index in [1.54, 1.807) is 24.4 Å². The van der Waals surface area contributed by atoms with E-state index in [0.717, 1.165) is 11.3 Å². The third kappa shape index (κ3) is 3.30. The number of halogens is 1. The van der Waals surface area contributed by atoms with Crippen LogP contribution in [0.4, 0.5) is 5.69 Å². The van der Waals surface area contributed by atoms with Crippen LogP contribution in [0.2, 0.25) is 5.02 Å². The van der Waals surface area contributed by atoms with Gasteiger partial charge in [-0.25, -0.2) is 0 Å². The zero-order valence-corrected chi connectivity index (χ0v) is 15.1. The quantitative estimate of drug-likeness (QED) is 0.691. The van der Waals surface area contributed by atoms with Gasteiger partial charge in [0.15, 0.2) is 0 Å². The fraction of sp³-hybridized carbons (Fsp3) is 0.200. The molecule has 4 nitrogen and oxygen atoms in total. The molecule has 0 radical (unpaired) electrons. The minimum atomic E-state index is -0.250. The molecule has 0 aliphatic heterocycles. The van der Waals surface area contributed by atoms with Crippen LogP contribution in [0.1, 0.15) is 47.4 Å². The van der Waals surface area contributed by atoms with Crippen molar-refractivity contribution in [1.82, 2.24) is 4.57 Å². The Morgan fingerprint density at radius 2 is 1.84 bits per heavy atom. The Kier molecular flexibility index (Phi) is 4.64. The normalized spacial score (nSPS) is 11.1. The SMILES string of the molecule is CC(=O)n1cc(C(=O)Nc2ccccc2C(C)C)c2ccc(Cl)cc21. The number of anilines is 1. The first-order valence-corrected chi connectivity index (χ1v) is 8.48. The first-order chi connectivity index (χ1) is 11.9. The maximum absolute atomic E-state index is 12.9. The highest BCUT2D eigenvalue weighted by Crippen LogP contribution is 2.28. The molecule has 1 aromatic heterocycles. The van der Waals surface area contributed by atoms with Crippen LogP contribution in [-0.4, -0.2) is 16.4 Å². The lowest BCUT2D eigenvalue weighted by atomic mass is 10.0. The Hall–Kier alpha value is -2.59. The van der Waals surface area contributed by atoms with Crippen LogP contribution in [0.5, 0.6) is 0 Å². The Bertz CT molecular complexity index is 973. The minimum Gasteiger partial charge on any atom is -0.322 e. The number of para-hydroxylation sites is 1. The number of fused-ring (bicyclic) bond motifs is 1. The van der Waals surface area contributed by atoms with Gasteiger partial charge in [-0.05, 0) is 29.7 Å². The third-order valence-electron chi connectivity index (χ3n) is 4.18. The fourth-order valence-electron chi connectivity index (χ4n) is 2.95. The molecule has 3 aromatic rings. The molecule has 2 aromatic carbocycles. The van der Waals surface area contributed by atoms with Crippen molar-refractivity contribution in [3.63, 3.8) is 0 Å². The minimum absolute atomic E-state index is 0.172. The summed E-state index contributed by atoms with van der Waals surface area (Å²) < 4.78 is 1.45. The number of aromatic nitrogens is 1. The predicted molar refractivity (Wildman–Crippen MR) is 102 cm³/mol. The number of carbonyl (C=O) groups excluding carboxylic acids is 2. The summed E-state index contributed by atoms with van der Waals surface area (Å²) in [5, 5.41) is 4.18. The Morgan fingerprint density at radius 3 is 2.52 bits per heavy atom. The van der Waals surface area contributed by atoms with Crippen LogP contribution < -0.4 is 5.32 Å². The van der Waals surface area contributed by atoms with E-state index in [4.69, 9.17) is 11.6 Å². The number of rotatable bonds is 3. The molecule has 0 fully saturated rings. The van der Waals surface area contributed by atoms with Crippen molar-refractivity contribution in [3.8, 4) is 0 Å². The highest BCUT2D eigenvalue weighted by molar-refractivity contribution is 6.31. The van der Waals surface area contributed by atoms with Gasteiger partial charge in [0.2, 0.25) is 5.91 Å². The summed E-state index contributed by atoms with van der Waals surface area (Å²) in [5.74, 6) is -0.136. The number of hydrogen-bond donors (Lipinski definition) is 1. The Balaban J connectivity index is 2.05. The second-order valence-electron chi connectivity index (χ2n) is 6.29. The molecular formula is C20H19ClN2O2. The van der Waals surface area contributed by atoms with Crippen LogP contribution in [0, 0.1) is 0 Å². The van der Waals surface area contributed by atoms with Gasteiger partial charge < -0.3 is 5.32 Å². The summed E-state index contributed by atoms with van der Waals surface area (Å²) in [4.78, 5) is 24.8. The number of nitrogens with one attached hydrogen (secondary N) is 1. The van der Waals surface area contributed by atoms with Crippen LogP contribution in [0.15, 0.2) is 48.7 Å². The molecule has 0 aliphatic rings. The van der Waals surface area contributed by atoms with Crippen molar-refractivity contribution in [3.05, 3.63) is 64.8 Å². The molecule has 0 unspecified atom stereocenters. The molecule has 0 bridgehead atoms. The van der Waals surface area contributed by atoms with Crippen molar-refractivity contribution in [2.24, 2.45) is 0 Å². The molecule has 0 saturated heterocycles. The monoisotopic (exact) mass is 354 g/mol. The summed E-state index contributed by atoms with van der Waals surface area (Å²) in [5.41, 5.74) is 2.91. The number of benzene rings is 2. The predicted octanol–water partition coefficient (Wildman–Crippen LogP) is 5.33. The van der Waals surface area contributed by atoms with Crippen LogP contribution in [0.25, 0.3) is 10.9 Å². The molecule has 25 heavy (non-hydrogen) atoms. The van der Waals surface area contributed by atoms with Gasteiger partial charge in [-0.2, -0.15) is 0 Å². The van der Waals surface area contributed by atoms with Crippen molar-refractivity contribution in [2.45, 2.75) is 26.7 Å². The molecule has 0 saturated carbocycles. The lowest BCUT2D eigenvalue weighted by Gasteiger charge is -2.13. The molecule has 1 heterocycles. The van der Waals surface area contributed by atoms with Crippen LogP contribution in [-0.2, 0) is 0 Å². The second-order valence-corrected chi connectivity index (χ2v) is 6.73. The van der Waals surface area contributed by atoms with Gasteiger partial charge in [0.05, 0.1) is 11.1 Å². The summed E-state index contributed by atoms with van der Waals surface area (Å²) >= 11 is 6.04. The first kappa shape index (κ1) is 17.2. The van der Waals surface area contributed by atoms with Crippen molar-refractivity contribution < 1.29 is 9.59 Å². The van der Waals surface area contributed by atoms with Gasteiger partial charge in [-0.15, -0.1) is 0 Å². The van der Waals surface area contributed by atoms with Crippen LogP contribution in [0.3, 0.4) is 0 Å². The third-order valence-corrected chi connectivity index (χ3v) is 4.42. The van der Waals surface area contributed by atoms with Crippen LogP contribution >= 0.6 is 11.6 Å². The number of nitrogens with zero attached hydrogens (tertiary/aromatic N) is 1. The lowest BCUT2D eigenvalue weighted by Crippen LogP contribution is -2.13. The van der Waals surface area contributed by atoms with Gasteiger partial charge in [-0.1, -0.05) is 49.7 Å². The highest BCUT2D eigenvalue weighted by Gasteiger charge is 2.18. The van der Waals surface area contributed by atoms with Gasteiger partial charge in [-0.3, -0.25) is 14.2 Å². The lowest BCUT2D eigenvalue weighted by molar-refractivity contribution is 0.0941. The van der Waals surface area contributed by atoms with E-state index in [9.17, 15) is 9.59 Å². The second kappa shape index (κ2) is 6.73. The summed E-state index contributed by atoms with van der Waals surface area (Å²) in [6.45, 7) is 5.61. The van der Waals surface area contributed by atoms with E-state index in [1.165, 1.54) is 11.5 Å². The molecular weight excluding hydrogens is 336 g/mol. The van der Waals surface area contributed by atoms with E-state index in [0.29, 0.717) is 21.5 Å². The molecule has 128 valence electrons. The largest absolute Gasteiger partial charge is 0.322 e. The Labute approximate surface area is 151 Å². The number of carbonyl (C=O) groups is 2. The van der Waals surface area contributed by atoms with E-state index in [-0.39, 0.29) is 17.7 Å². The number of hydrogen-bond acceptors (Lipinski definition) is 2. The zero-order valence-electron chi connectivity index (χ0n) is 14.3. The molecule has 0 atom stereocenters. The zero-order chi connectivity index (χ0) is 18.1. The molecule has 5 heteroatoms. The van der Waals surface area contributed by atoms with E-state index in [2.05, 4.69) is 19.2 Å². The smallest absolute Gasteiger partial charge is 0.257 e. The van der Waals surface area contributed by atoms with E-state index < -0.39 is 0 Å². The van der Waals surface area contributed by atoms with Gasteiger partial charge in [0, 0.05) is 29.2 Å². The average Bonchev–Trinajstić information content (AvgIpc) is 2.94. The Morgan fingerprint density at radius 1 is 1.12 bits per heavy atom. The molecule has 3 rings (SSSR count). The average molecular weight is 355 g/mol. The van der Waals surface area contributed by atoms with Gasteiger partial charge in [0.1, 0.15) is 0 Å². The molecule has 1 amide bonds. The summed E-state index contributed by atoms with van der Waals surface area (Å²) in [6, 6.07) is 12.9. The van der Waals surface area contributed by atoms with E-state index >= 15 is 0 Å². The van der Waals surface area contributed by atoms with Gasteiger partial charge >= 0.3 is 0 Å². The topological polar surface area (TPSA) is 51.1 Å². The van der Waals surface area contributed by atoms with E-state index in [1.807, 2.05) is 24.3 Å². The summed E-state index contributed by atoms with van der Waals surface area (Å²) in [7, 11) is 0. The molecule has 1 N–H and O–H groups in total. The highest BCUT2D eigenvalue weighted by atomic mass is 35.5. The standard InChI is InChI=1S/C20H19ClN2O2/c1-12(2)15-6-4-5-7-18(15)22-20(25)17-11-23(13(3)24)19-10-14(21)8-9-16(17)19/h4-12H,1-3H3,(H,22,25). The maximum atomic E-state index is 12.9. The van der Waals surface area contributed by atoms with Crippen molar-refractivity contribution >= 4 is 40.0 Å².